The zero-order valence-corrected chi connectivity index (χ0v) is 19.4. The van der Waals surface area contributed by atoms with Gasteiger partial charge in [-0.2, -0.15) is 4.72 Å². The predicted octanol–water partition coefficient (Wildman–Crippen LogP) is 3.62. The summed E-state index contributed by atoms with van der Waals surface area (Å²) in [5.74, 6) is -1.31. The first kappa shape index (κ1) is 24.0. The highest BCUT2D eigenvalue weighted by Crippen LogP contribution is 2.15. The number of unbranched alkanes of at least 4 members (excludes halogenated alkanes) is 1. The van der Waals surface area contributed by atoms with Crippen LogP contribution in [0.3, 0.4) is 0 Å². The first-order valence-corrected chi connectivity index (χ1v) is 12.7. The molecule has 32 heavy (non-hydrogen) atoms. The van der Waals surface area contributed by atoms with Gasteiger partial charge >= 0.3 is 0 Å². The number of thiazole rings is 1. The second-order valence-electron chi connectivity index (χ2n) is 7.42. The van der Waals surface area contributed by atoms with Gasteiger partial charge in [0.1, 0.15) is 16.8 Å². The number of nitrogens with one attached hydrogen (secondary N) is 2. The number of sulfonamides is 1. The fourth-order valence-corrected chi connectivity index (χ4v) is 5.30. The number of nitrogens with zero attached hydrogens (tertiary/aromatic N) is 1. The Hall–Kier alpha value is -2.62. The molecule has 6 nitrogen and oxygen atoms in total. The number of hydrogen-bond acceptors (Lipinski definition) is 5. The molecule has 2 N–H and O–H groups in total. The van der Waals surface area contributed by atoms with Crippen LogP contribution >= 0.6 is 11.3 Å². The molecule has 0 saturated carbocycles. The van der Waals surface area contributed by atoms with Crippen LogP contribution < -0.4 is 10.0 Å². The number of halogens is 1. The van der Waals surface area contributed by atoms with Crippen LogP contribution in [0.2, 0.25) is 0 Å². The molecule has 0 fully saturated rings. The fraction of sp³-hybridized carbons (Fsp3) is 0.304. The summed E-state index contributed by atoms with van der Waals surface area (Å²) in [6, 6.07) is 13.1. The Balaban J connectivity index is 1.62. The summed E-state index contributed by atoms with van der Waals surface area (Å²) in [6.45, 7) is 2.37. The first-order valence-electron chi connectivity index (χ1n) is 10.3. The fourth-order valence-electron chi connectivity index (χ4n) is 3.20. The van der Waals surface area contributed by atoms with Gasteiger partial charge < -0.3 is 5.32 Å². The van der Waals surface area contributed by atoms with E-state index < -0.39 is 32.7 Å². The summed E-state index contributed by atoms with van der Waals surface area (Å²) in [6.07, 6.45) is 2.58. The van der Waals surface area contributed by atoms with E-state index in [4.69, 9.17) is 0 Å². The second-order valence-corrected chi connectivity index (χ2v) is 10.0. The van der Waals surface area contributed by atoms with E-state index >= 15 is 0 Å². The maximum Gasteiger partial charge on any atom is 0.244 e. The number of amides is 1. The molecule has 170 valence electrons. The van der Waals surface area contributed by atoms with E-state index in [0.29, 0.717) is 6.54 Å². The van der Waals surface area contributed by atoms with Gasteiger partial charge in [0.25, 0.3) is 0 Å². The van der Waals surface area contributed by atoms with Crippen molar-refractivity contribution in [3.63, 3.8) is 0 Å². The first-order chi connectivity index (χ1) is 15.3. The number of carbonyl (C=O) groups is 1. The lowest BCUT2D eigenvalue weighted by molar-refractivity contribution is -0.122. The van der Waals surface area contributed by atoms with Crippen molar-refractivity contribution < 1.29 is 17.6 Å². The van der Waals surface area contributed by atoms with Crippen LogP contribution in [0.25, 0.3) is 0 Å². The summed E-state index contributed by atoms with van der Waals surface area (Å²) in [5, 5.41) is 5.88. The van der Waals surface area contributed by atoms with Gasteiger partial charge in [0, 0.05) is 17.6 Å². The van der Waals surface area contributed by atoms with Gasteiger partial charge in [0.05, 0.1) is 5.01 Å². The molecular formula is C23H26FN3O3S2. The minimum absolute atomic E-state index is 0.152. The van der Waals surface area contributed by atoms with Crippen LogP contribution in [-0.4, -0.2) is 31.9 Å². The highest BCUT2D eigenvalue weighted by atomic mass is 32.2. The molecule has 1 heterocycles. The van der Waals surface area contributed by atoms with Crippen molar-refractivity contribution in [3.8, 4) is 0 Å². The van der Waals surface area contributed by atoms with Gasteiger partial charge in [-0.3, -0.25) is 4.79 Å². The molecule has 0 aliphatic carbocycles. The maximum absolute atomic E-state index is 14.1. The number of benzene rings is 2. The van der Waals surface area contributed by atoms with Crippen molar-refractivity contribution >= 4 is 27.3 Å². The molecule has 0 saturated heterocycles. The summed E-state index contributed by atoms with van der Waals surface area (Å²) in [7, 11) is -4.22. The van der Waals surface area contributed by atoms with Crippen LogP contribution in [0.15, 0.2) is 64.9 Å². The van der Waals surface area contributed by atoms with E-state index in [1.165, 1.54) is 18.2 Å². The summed E-state index contributed by atoms with van der Waals surface area (Å²) >= 11 is 1.62. The highest BCUT2D eigenvalue weighted by Gasteiger charge is 2.27. The third kappa shape index (κ3) is 6.94. The lowest BCUT2D eigenvalue weighted by Gasteiger charge is -2.19. The van der Waals surface area contributed by atoms with Gasteiger partial charge in [0.2, 0.25) is 15.9 Å². The zero-order valence-electron chi connectivity index (χ0n) is 17.8. The molecule has 1 unspecified atom stereocenters. The Kier molecular flexibility index (Phi) is 8.49. The van der Waals surface area contributed by atoms with Crippen LogP contribution in [0.5, 0.6) is 0 Å². The molecule has 1 atom stereocenters. The quantitative estimate of drug-likeness (QED) is 0.415. The molecule has 3 aromatic rings. The minimum atomic E-state index is -4.22. The molecular weight excluding hydrogens is 449 g/mol. The largest absolute Gasteiger partial charge is 0.355 e. The summed E-state index contributed by atoms with van der Waals surface area (Å²) < 4.78 is 42.0. The van der Waals surface area contributed by atoms with E-state index in [2.05, 4.69) is 15.0 Å². The molecule has 2 aromatic carbocycles. The smallest absolute Gasteiger partial charge is 0.244 e. The van der Waals surface area contributed by atoms with Crippen molar-refractivity contribution in [2.75, 3.05) is 6.54 Å². The summed E-state index contributed by atoms with van der Waals surface area (Å²) in [5.41, 5.74) is 1.80. The third-order valence-corrected chi connectivity index (χ3v) is 7.34. The molecule has 0 aliphatic rings. The predicted molar refractivity (Wildman–Crippen MR) is 123 cm³/mol. The number of rotatable bonds is 11. The lowest BCUT2D eigenvalue weighted by Crippen LogP contribution is -2.48. The van der Waals surface area contributed by atoms with E-state index in [0.717, 1.165) is 41.6 Å². The maximum atomic E-state index is 14.1. The van der Waals surface area contributed by atoms with Crippen LogP contribution in [0.1, 0.15) is 29.1 Å². The average Bonchev–Trinajstić information content (AvgIpc) is 3.18. The van der Waals surface area contributed by atoms with E-state index in [1.54, 1.807) is 11.3 Å². The van der Waals surface area contributed by atoms with Crippen molar-refractivity contribution in [1.29, 1.82) is 0 Å². The molecule has 9 heteroatoms. The topological polar surface area (TPSA) is 88.2 Å². The van der Waals surface area contributed by atoms with Crippen molar-refractivity contribution in [3.05, 3.63) is 82.1 Å². The van der Waals surface area contributed by atoms with E-state index in [9.17, 15) is 17.6 Å². The zero-order chi connectivity index (χ0) is 23.0. The Labute approximate surface area is 192 Å². The van der Waals surface area contributed by atoms with Crippen LogP contribution in [0.4, 0.5) is 4.39 Å². The van der Waals surface area contributed by atoms with Crippen molar-refractivity contribution in [2.24, 2.45) is 0 Å². The molecule has 1 amide bonds. The molecule has 0 spiro atoms. The van der Waals surface area contributed by atoms with Crippen molar-refractivity contribution in [2.45, 2.75) is 43.5 Å². The standard InChI is InChI=1S/C23H26FN3O3S2/c1-17-16-31-22(26-17)13-7-8-14-25-23(28)20(15-18-9-3-2-4-10-18)27-32(29,30)21-12-6-5-11-19(21)24/h2-6,9-12,16,20,27H,7-8,13-15H2,1H3,(H,25,28). The number of aromatic nitrogens is 1. The van der Waals surface area contributed by atoms with Gasteiger partial charge in [0.15, 0.2) is 0 Å². The number of aryl methyl sites for hydroxylation is 2. The van der Waals surface area contributed by atoms with Crippen LogP contribution in [0, 0.1) is 12.7 Å². The number of hydrogen-bond donors (Lipinski definition) is 2. The summed E-state index contributed by atoms with van der Waals surface area (Å²) in [4.78, 5) is 16.8. The second kappa shape index (κ2) is 11.3. The number of carbonyl (C=O) groups excluding carboxylic acids is 1. The van der Waals surface area contributed by atoms with Crippen molar-refractivity contribution in [1.82, 2.24) is 15.0 Å². The Morgan fingerprint density at radius 3 is 2.50 bits per heavy atom. The van der Waals surface area contributed by atoms with Gasteiger partial charge in [-0.05, 0) is 50.3 Å². The molecule has 1 aromatic heterocycles. The Bertz CT molecular complexity index is 1130. The average molecular weight is 476 g/mol. The van der Waals surface area contributed by atoms with Gasteiger partial charge in [-0.15, -0.1) is 11.3 Å². The Morgan fingerprint density at radius 1 is 1.09 bits per heavy atom. The molecule has 0 bridgehead atoms. The lowest BCUT2D eigenvalue weighted by atomic mass is 10.1. The monoisotopic (exact) mass is 475 g/mol. The molecule has 0 radical (unpaired) electrons. The van der Waals surface area contributed by atoms with Gasteiger partial charge in [-0.1, -0.05) is 42.5 Å². The minimum Gasteiger partial charge on any atom is -0.355 e. The van der Waals surface area contributed by atoms with Gasteiger partial charge in [-0.25, -0.2) is 17.8 Å². The van der Waals surface area contributed by atoms with E-state index in [1.807, 2.05) is 42.6 Å². The normalized spacial score (nSPS) is 12.4. The van der Waals surface area contributed by atoms with E-state index in [-0.39, 0.29) is 6.42 Å². The van der Waals surface area contributed by atoms with Crippen LogP contribution in [-0.2, 0) is 27.7 Å². The third-order valence-electron chi connectivity index (χ3n) is 4.81. The molecule has 0 aliphatic heterocycles. The molecule has 3 rings (SSSR count). The highest BCUT2D eigenvalue weighted by molar-refractivity contribution is 7.89. The Morgan fingerprint density at radius 2 is 1.81 bits per heavy atom. The SMILES string of the molecule is Cc1csc(CCCCNC(=O)C(Cc2ccccc2)NS(=O)(=O)c2ccccc2F)n1.